The van der Waals surface area contributed by atoms with Crippen molar-refractivity contribution in [1.82, 2.24) is 0 Å². The average Bonchev–Trinajstić information content (AvgIpc) is 2.50. The molecule has 0 bridgehead atoms. The summed E-state index contributed by atoms with van der Waals surface area (Å²) in [7, 11) is 0. The van der Waals surface area contributed by atoms with Crippen LogP contribution in [-0.4, -0.2) is 5.91 Å². The molecule has 116 valence electrons. The first-order valence-electron chi connectivity index (χ1n) is 7.17. The molecule has 0 spiro atoms. The molecule has 0 aliphatic rings. The van der Waals surface area contributed by atoms with Gasteiger partial charge in [-0.2, -0.15) is 5.26 Å². The number of aryl methyl sites for hydroxylation is 3. The molecule has 1 amide bonds. The highest BCUT2D eigenvalue weighted by molar-refractivity contribution is 6.30. The monoisotopic (exact) mass is 324 g/mol. The molecule has 4 heteroatoms. The van der Waals surface area contributed by atoms with Gasteiger partial charge in [0.1, 0.15) is 11.6 Å². The summed E-state index contributed by atoms with van der Waals surface area (Å²) in [4.78, 5) is 12.4. The summed E-state index contributed by atoms with van der Waals surface area (Å²) in [6, 6.07) is 12.9. The van der Waals surface area contributed by atoms with Crippen molar-refractivity contribution < 1.29 is 4.79 Å². The third kappa shape index (κ3) is 4.21. The molecule has 0 fully saturated rings. The van der Waals surface area contributed by atoms with Crippen molar-refractivity contribution in [3.8, 4) is 6.07 Å². The van der Waals surface area contributed by atoms with Crippen LogP contribution in [0.4, 0.5) is 5.69 Å². The van der Waals surface area contributed by atoms with Crippen LogP contribution < -0.4 is 5.32 Å². The van der Waals surface area contributed by atoms with E-state index in [1.165, 1.54) is 0 Å². The summed E-state index contributed by atoms with van der Waals surface area (Å²) in [5.41, 5.74) is 4.62. The number of anilines is 1. The van der Waals surface area contributed by atoms with Crippen LogP contribution in [0.25, 0.3) is 6.08 Å². The minimum Gasteiger partial charge on any atom is -0.321 e. The lowest BCUT2D eigenvalue weighted by atomic mass is 10.0. The summed E-state index contributed by atoms with van der Waals surface area (Å²) in [6.45, 7) is 5.88. The molecule has 2 rings (SSSR count). The number of nitrogens with one attached hydrogen (secondary N) is 1. The summed E-state index contributed by atoms with van der Waals surface area (Å²) >= 11 is 5.83. The fourth-order valence-corrected chi connectivity index (χ4v) is 2.56. The van der Waals surface area contributed by atoms with E-state index in [4.69, 9.17) is 11.6 Å². The Balaban J connectivity index is 2.28. The van der Waals surface area contributed by atoms with E-state index < -0.39 is 5.91 Å². The molecule has 3 nitrogen and oxygen atoms in total. The highest BCUT2D eigenvalue weighted by Gasteiger charge is 2.12. The predicted molar refractivity (Wildman–Crippen MR) is 94.3 cm³/mol. The molecule has 2 aromatic carbocycles. The molecule has 0 unspecified atom stereocenters. The van der Waals surface area contributed by atoms with E-state index in [1.54, 1.807) is 30.3 Å². The van der Waals surface area contributed by atoms with E-state index in [0.717, 1.165) is 27.9 Å². The van der Waals surface area contributed by atoms with Gasteiger partial charge in [0, 0.05) is 10.7 Å². The van der Waals surface area contributed by atoms with E-state index in [2.05, 4.69) is 5.32 Å². The molecule has 0 aliphatic carbocycles. The fourth-order valence-electron chi connectivity index (χ4n) is 2.43. The molecule has 0 heterocycles. The first-order valence-corrected chi connectivity index (χ1v) is 7.55. The van der Waals surface area contributed by atoms with Gasteiger partial charge in [0.25, 0.3) is 5.91 Å². The Bertz CT molecular complexity index is 791. The summed E-state index contributed by atoms with van der Waals surface area (Å²) in [6.07, 6.45) is 1.55. The maximum Gasteiger partial charge on any atom is 0.266 e. The van der Waals surface area contributed by atoms with Crippen molar-refractivity contribution in [2.24, 2.45) is 0 Å². The lowest BCUT2D eigenvalue weighted by Gasteiger charge is -2.12. The first kappa shape index (κ1) is 16.8. The molecule has 23 heavy (non-hydrogen) atoms. The van der Waals surface area contributed by atoms with Crippen LogP contribution in [0.2, 0.25) is 5.02 Å². The zero-order valence-electron chi connectivity index (χ0n) is 13.3. The normalized spacial score (nSPS) is 11.0. The Kier molecular flexibility index (Phi) is 5.20. The van der Waals surface area contributed by atoms with E-state index in [9.17, 15) is 10.1 Å². The minimum absolute atomic E-state index is 0.0479. The number of nitrogens with zero attached hydrogens (tertiary/aromatic N) is 1. The van der Waals surface area contributed by atoms with Crippen molar-refractivity contribution in [3.63, 3.8) is 0 Å². The molecule has 0 saturated heterocycles. The Morgan fingerprint density at radius 2 is 1.70 bits per heavy atom. The lowest BCUT2D eigenvalue weighted by molar-refractivity contribution is -0.112. The average molecular weight is 325 g/mol. The molecular formula is C19H17ClN2O. The number of hydrogen-bond acceptors (Lipinski definition) is 2. The van der Waals surface area contributed by atoms with Crippen LogP contribution in [0, 0.1) is 32.1 Å². The lowest BCUT2D eigenvalue weighted by Crippen LogP contribution is -2.15. The largest absolute Gasteiger partial charge is 0.321 e. The van der Waals surface area contributed by atoms with E-state index in [-0.39, 0.29) is 5.57 Å². The molecule has 0 aliphatic heterocycles. The standard InChI is InChI=1S/C19H17ClN2O/c1-12-8-13(2)18(14(3)9-12)22-19(23)16(11-21)10-15-4-6-17(20)7-5-15/h4-10H,1-3H3,(H,22,23)/b16-10-. The summed E-state index contributed by atoms with van der Waals surface area (Å²) in [5, 5.41) is 12.7. The van der Waals surface area contributed by atoms with Gasteiger partial charge in [-0.05, 0) is 55.7 Å². The van der Waals surface area contributed by atoms with Gasteiger partial charge in [0.2, 0.25) is 0 Å². The Hall–Kier alpha value is -2.57. The van der Waals surface area contributed by atoms with Crippen molar-refractivity contribution in [2.45, 2.75) is 20.8 Å². The van der Waals surface area contributed by atoms with Crippen molar-refractivity contribution in [1.29, 1.82) is 5.26 Å². The third-order valence-electron chi connectivity index (χ3n) is 3.46. The number of halogens is 1. The number of carbonyl (C=O) groups is 1. The minimum atomic E-state index is -0.419. The van der Waals surface area contributed by atoms with Crippen molar-refractivity contribution in [3.05, 3.63) is 69.2 Å². The second-order valence-corrected chi connectivity index (χ2v) is 5.89. The summed E-state index contributed by atoms with van der Waals surface area (Å²) in [5.74, 6) is -0.419. The molecule has 0 aromatic heterocycles. The molecule has 2 aromatic rings. The van der Waals surface area contributed by atoms with Crippen LogP contribution >= 0.6 is 11.6 Å². The number of rotatable bonds is 3. The zero-order chi connectivity index (χ0) is 17.0. The number of amides is 1. The number of nitriles is 1. The van der Waals surface area contributed by atoms with Crippen LogP contribution in [0.3, 0.4) is 0 Å². The van der Waals surface area contributed by atoms with Gasteiger partial charge in [-0.1, -0.05) is 41.4 Å². The highest BCUT2D eigenvalue weighted by atomic mass is 35.5. The second kappa shape index (κ2) is 7.13. The van der Waals surface area contributed by atoms with Gasteiger partial charge in [0.15, 0.2) is 0 Å². The zero-order valence-corrected chi connectivity index (χ0v) is 14.0. The highest BCUT2D eigenvalue weighted by Crippen LogP contribution is 2.23. The maximum absolute atomic E-state index is 12.4. The van der Waals surface area contributed by atoms with E-state index in [0.29, 0.717) is 5.02 Å². The van der Waals surface area contributed by atoms with Gasteiger partial charge in [-0.3, -0.25) is 4.79 Å². The van der Waals surface area contributed by atoms with Crippen LogP contribution in [0.15, 0.2) is 42.0 Å². The van der Waals surface area contributed by atoms with Crippen molar-refractivity contribution >= 4 is 29.3 Å². The van der Waals surface area contributed by atoms with E-state index in [1.807, 2.05) is 39.0 Å². The molecule has 0 radical (unpaired) electrons. The van der Waals surface area contributed by atoms with Gasteiger partial charge in [0.05, 0.1) is 0 Å². The number of carbonyl (C=O) groups excluding carboxylic acids is 1. The first-order chi connectivity index (χ1) is 10.9. The van der Waals surface area contributed by atoms with Crippen LogP contribution in [0.1, 0.15) is 22.3 Å². The van der Waals surface area contributed by atoms with Gasteiger partial charge >= 0.3 is 0 Å². The second-order valence-electron chi connectivity index (χ2n) is 5.45. The topological polar surface area (TPSA) is 52.9 Å². The van der Waals surface area contributed by atoms with E-state index >= 15 is 0 Å². The molecule has 0 saturated carbocycles. The molecule has 1 N–H and O–H groups in total. The smallest absolute Gasteiger partial charge is 0.266 e. The summed E-state index contributed by atoms with van der Waals surface area (Å²) < 4.78 is 0. The van der Waals surface area contributed by atoms with Gasteiger partial charge in [-0.15, -0.1) is 0 Å². The Morgan fingerprint density at radius 1 is 1.13 bits per heavy atom. The third-order valence-corrected chi connectivity index (χ3v) is 3.71. The Labute approximate surface area is 141 Å². The quantitative estimate of drug-likeness (QED) is 0.650. The number of hydrogen-bond donors (Lipinski definition) is 1. The SMILES string of the molecule is Cc1cc(C)c(NC(=O)/C(C#N)=C\c2ccc(Cl)cc2)c(C)c1. The van der Waals surface area contributed by atoms with Crippen LogP contribution in [0.5, 0.6) is 0 Å². The van der Waals surface area contributed by atoms with Crippen LogP contribution in [-0.2, 0) is 4.79 Å². The fraction of sp³-hybridized carbons (Fsp3) is 0.158. The van der Waals surface area contributed by atoms with Gasteiger partial charge in [-0.25, -0.2) is 0 Å². The number of benzene rings is 2. The Morgan fingerprint density at radius 3 is 2.22 bits per heavy atom. The van der Waals surface area contributed by atoms with Gasteiger partial charge < -0.3 is 5.32 Å². The van der Waals surface area contributed by atoms with Crippen molar-refractivity contribution in [2.75, 3.05) is 5.32 Å². The predicted octanol–water partition coefficient (Wildman–Crippen LogP) is 4.81. The maximum atomic E-state index is 12.4. The molecular weight excluding hydrogens is 308 g/mol. The molecule has 0 atom stereocenters.